The van der Waals surface area contributed by atoms with E-state index in [1.165, 1.54) is 18.2 Å². The maximum atomic E-state index is 13.8. The number of hydrogen-bond acceptors (Lipinski definition) is 3. The number of benzene rings is 2. The lowest BCUT2D eigenvalue weighted by molar-refractivity contribution is 0.475. The molecule has 0 heterocycles. The van der Waals surface area contributed by atoms with Crippen molar-refractivity contribution >= 4 is 11.4 Å². The van der Waals surface area contributed by atoms with E-state index in [-0.39, 0.29) is 11.3 Å². The van der Waals surface area contributed by atoms with Crippen LogP contribution in [-0.4, -0.2) is 12.2 Å². The van der Waals surface area contributed by atoms with E-state index in [4.69, 9.17) is 5.26 Å². The SMILES string of the molecule is CN(c1ccc(O)cc1)c1ccc(C#N)cc1F. The molecule has 3 nitrogen and oxygen atoms in total. The number of nitriles is 1. The Bertz CT molecular complexity index is 602. The molecule has 2 rings (SSSR count). The van der Waals surface area contributed by atoms with Gasteiger partial charge in [0.2, 0.25) is 0 Å². The summed E-state index contributed by atoms with van der Waals surface area (Å²) in [5, 5.41) is 17.9. The Morgan fingerprint density at radius 2 is 1.83 bits per heavy atom. The van der Waals surface area contributed by atoms with Gasteiger partial charge in [-0.1, -0.05) is 0 Å². The first-order chi connectivity index (χ1) is 8.61. The van der Waals surface area contributed by atoms with Crippen molar-refractivity contribution < 1.29 is 9.50 Å². The Balaban J connectivity index is 2.37. The van der Waals surface area contributed by atoms with Crippen molar-refractivity contribution in [2.75, 3.05) is 11.9 Å². The third-order valence-corrected chi connectivity index (χ3v) is 2.68. The second-order valence-corrected chi connectivity index (χ2v) is 3.85. The van der Waals surface area contributed by atoms with Crippen molar-refractivity contribution in [2.45, 2.75) is 0 Å². The number of phenols is 1. The van der Waals surface area contributed by atoms with Crippen LogP contribution in [0.25, 0.3) is 0 Å². The molecule has 4 heteroatoms. The Morgan fingerprint density at radius 3 is 2.39 bits per heavy atom. The van der Waals surface area contributed by atoms with E-state index in [1.54, 1.807) is 36.2 Å². The summed E-state index contributed by atoms with van der Waals surface area (Å²) in [7, 11) is 1.72. The third kappa shape index (κ3) is 2.25. The summed E-state index contributed by atoms with van der Waals surface area (Å²) in [4.78, 5) is 1.65. The Labute approximate surface area is 104 Å². The lowest BCUT2D eigenvalue weighted by Crippen LogP contribution is -2.11. The molecule has 0 radical (unpaired) electrons. The van der Waals surface area contributed by atoms with Gasteiger partial charge in [-0.2, -0.15) is 5.26 Å². The highest BCUT2D eigenvalue weighted by molar-refractivity contribution is 5.64. The molecule has 0 amide bonds. The van der Waals surface area contributed by atoms with Gasteiger partial charge in [-0.15, -0.1) is 0 Å². The maximum absolute atomic E-state index is 13.8. The molecule has 1 N–H and O–H groups in total. The van der Waals surface area contributed by atoms with Gasteiger partial charge in [-0.05, 0) is 42.5 Å². The number of aromatic hydroxyl groups is 1. The number of halogens is 1. The zero-order valence-electron chi connectivity index (χ0n) is 9.76. The maximum Gasteiger partial charge on any atom is 0.148 e. The minimum Gasteiger partial charge on any atom is -0.508 e. The van der Waals surface area contributed by atoms with Crippen LogP contribution in [0.5, 0.6) is 5.75 Å². The van der Waals surface area contributed by atoms with Gasteiger partial charge in [0.15, 0.2) is 0 Å². The zero-order chi connectivity index (χ0) is 13.1. The van der Waals surface area contributed by atoms with E-state index in [0.29, 0.717) is 5.69 Å². The topological polar surface area (TPSA) is 47.3 Å². The lowest BCUT2D eigenvalue weighted by atomic mass is 10.2. The van der Waals surface area contributed by atoms with Crippen LogP contribution < -0.4 is 4.90 Å². The minimum atomic E-state index is -0.454. The van der Waals surface area contributed by atoms with Crippen LogP contribution in [0.1, 0.15) is 5.56 Å². The molecule has 0 spiro atoms. The summed E-state index contributed by atoms with van der Waals surface area (Å²) < 4.78 is 13.8. The summed E-state index contributed by atoms with van der Waals surface area (Å²) in [5.41, 5.74) is 1.41. The molecule has 90 valence electrons. The van der Waals surface area contributed by atoms with Gasteiger partial charge in [-0.25, -0.2) is 4.39 Å². The summed E-state index contributed by atoms with van der Waals surface area (Å²) in [6, 6.07) is 12.7. The fraction of sp³-hybridized carbons (Fsp3) is 0.0714. The minimum absolute atomic E-state index is 0.160. The summed E-state index contributed by atoms with van der Waals surface area (Å²) in [6.07, 6.45) is 0. The van der Waals surface area contributed by atoms with Gasteiger partial charge < -0.3 is 10.0 Å². The molecule has 0 saturated heterocycles. The van der Waals surface area contributed by atoms with Crippen LogP contribution in [0.4, 0.5) is 15.8 Å². The molecule has 0 saturated carbocycles. The molecule has 2 aromatic rings. The molecule has 0 bridgehead atoms. The van der Waals surface area contributed by atoms with Crippen LogP contribution in [-0.2, 0) is 0 Å². The smallest absolute Gasteiger partial charge is 0.148 e. The van der Waals surface area contributed by atoms with Gasteiger partial charge >= 0.3 is 0 Å². The number of anilines is 2. The number of phenolic OH excluding ortho intramolecular Hbond substituents is 1. The summed E-state index contributed by atoms with van der Waals surface area (Å²) in [5.74, 6) is -0.294. The predicted octanol–water partition coefficient (Wildman–Crippen LogP) is 3.17. The fourth-order valence-corrected chi connectivity index (χ4v) is 1.66. The van der Waals surface area contributed by atoms with Crippen LogP contribution in [0, 0.1) is 17.1 Å². The first-order valence-corrected chi connectivity index (χ1v) is 5.34. The van der Waals surface area contributed by atoms with Crippen LogP contribution >= 0.6 is 0 Å². The van der Waals surface area contributed by atoms with Gasteiger partial charge in [-0.3, -0.25) is 0 Å². The molecular weight excluding hydrogens is 231 g/mol. The lowest BCUT2D eigenvalue weighted by Gasteiger charge is -2.20. The molecule has 0 aliphatic carbocycles. The van der Waals surface area contributed by atoms with Crippen molar-refractivity contribution in [3.05, 3.63) is 53.8 Å². The predicted molar refractivity (Wildman–Crippen MR) is 67.3 cm³/mol. The number of rotatable bonds is 2. The van der Waals surface area contributed by atoms with E-state index in [2.05, 4.69) is 0 Å². The quantitative estimate of drug-likeness (QED) is 0.879. The largest absolute Gasteiger partial charge is 0.508 e. The molecule has 0 atom stereocenters. The molecule has 2 aromatic carbocycles. The Hall–Kier alpha value is -2.54. The van der Waals surface area contributed by atoms with Crippen molar-refractivity contribution in [3.8, 4) is 11.8 Å². The van der Waals surface area contributed by atoms with Crippen molar-refractivity contribution in [1.29, 1.82) is 5.26 Å². The standard InChI is InChI=1S/C14H11FN2O/c1-17(11-3-5-12(18)6-4-11)14-7-2-10(9-16)8-13(14)15/h2-8,18H,1H3. The molecule has 0 unspecified atom stereocenters. The first kappa shape index (κ1) is 11.9. The van der Waals surface area contributed by atoms with Gasteiger partial charge in [0.1, 0.15) is 11.6 Å². The molecule has 0 aliphatic rings. The molecule has 0 fully saturated rings. The monoisotopic (exact) mass is 242 g/mol. The van der Waals surface area contributed by atoms with E-state index in [9.17, 15) is 9.50 Å². The molecular formula is C14H11FN2O. The van der Waals surface area contributed by atoms with Gasteiger partial charge in [0, 0.05) is 12.7 Å². The fourth-order valence-electron chi connectivity index (χ4n) is 1.66. The second-order valence-electron chi connectivity index (χ2n) is 3.85. The highest BCUT2D eigenvalue weighted by atomic mass is 19.1. The van der Waals surface area contributed by atoms with Crippen LogP contribution in [0.2, 0.25) is 0 Å². The summed E-state index contributed by atoms with van der Waals surface area (Å²) in [6.45, 7) is 0. The molecule has 18 heavy (non-hydrogen) atoms. The normalized spacial score (nSPS) is 9.83. The van der Waals surface area contributed by atoms with Crippen molar-refractivity contribution in [2.24, 2.45) is 0 Å². The summed E-state index contributed by atoms with van der Waals surface area (Å²) >= 11 is 0. The highest BCUT2D eigenvalue weighted by Crippen LogP contribution is 2.27. The third-order valence-electron chi connectivity index (χ3n) is 2.68. The van der Waals surface area contributed by atoms with E-state index in [1.807, 2.05) is 6.07 Å². The second kappa shape index (κ2) is 4.76. The van der Waals surface area contributed by atoms with Crippen LogP contribution in [0.15, 0.2) is 42.5 Å². The first-order valence-electron chi connectivity index (χ1n) is 5.34. The Kier molecular flexibility index (Phi) is 3.16. The van der Waals surface area contributed by atoms with Crippen LogP contribution in [0.3, 0.4) is 0 Å². The highest BCUT2D eigenvalue weighted by Gasteiger charge is 2.10. The zero-order valence-corrected chi connectivity index (χ0v) is 9.76. The average Bonchev–Trinajstić information content (AvgIpc) is 2.38. The molecule has 0 aromatic heterocycles. The van der Waals surface area contributed by atoms with E-state index < -0.39 is 5.82 Å². The van der Waals surface area contributed by atoms with Gasteiger partial charge in [0.25, 0.3) is 0 Å². The number of nitrogens with zero attached hydrogens (tertiary/aromatic N) is 2. The van der Waals surface area contributed by atoms with E-state index in [0.717, 1.165) is 5.69 Å². The van der Waals surface area contributed by atoms with Crippen molar-refractivity contribution in [3.63, 3.8) is 0 Å². The average molecular weight is 242 g/mol. The van der Waals surface area contributed by atoms with Crippen molar-refractivity contribution in [1.82, 2.24) is 0 Å². The van der Waals surface area contributed by atoms with Gasteiger partial charge in [0.05, 0.1) is 17.3 Å². The number of hydrogen-bond donors (Lipinski definition) is 1. The Morgan fingerprint density at radius 1 is 1.17 bits per heavy atom. The molecule has 0 aliphatic heterocycles. The van der Waals surface area contributed by atoms with E-state index >= 15 is 0 Å².